The molecule has 2 aromatic rings. The van der Waals surface area contributed by atoms with Crippen molar-refractivity contribution >= 4 is 33.6 Å². The van der Waals surface area contributed by atoms with Crippen molar-refractivity contribution in [3.63, 3.8) is 0 Å². The second kappa shape index (κ2) is 10.5. The first kappa shape index (κ1) is 26.1. The summed E-state index contributed by atoms with van der Waals surface area (Å²) >= 11 is 5.78. The number of amides is 3. The fourth-order valence-electron chi connectivity index (χ4n) is 3.95. The van der Waals surface area contributed by atoms with Crippen LogP contribution in [0.3, 0.4) is 0 Å². The van der Waals surface area contributed by atoms with Crippen LogP contribution in [0.2, 0.25) is 5.02 Å². The van der Waals surface area contributed by atoms with E-state index in [0.29, 0.717) is 43.5 Å². The van der Waals surface area contributed by atoms with Crippen molar-refractivity contribution in [1.82, 2.24) is 14.1 Å². The summed E-state index contributed by atoms with van der Waals surface area (Å²) in [6, 6.07) is 5.10. The van der Waals surface area contributed by atoms with Gasteiger partial charge in [-0.2, -0.15) is 4.31 Å². The summed E-state index contributed by atoms with van der Waals surface area (Å²) in [6.07, 6.45) is 0. The number of hydrogen-bond donors (Lipinski definition) is 1. The molecule has 2 fully saturated rings. The highest BCUT2D eigenvalue weighted by Crippen LogP contribution is 2.32. The molecular formula is C22H23ClF2N4O6S. The zero-order valence-corrected chi connectivity index (χ0v) is 20.5. The zero-order chi connectivity index (χ0) is 26.0. The van der Waals surface area contributed by atoms with E-state index in [0.717, 1.165) is 4.31 Å². The van der Waals surface area contributed by atoms with Crippen LogP contribution in [0.15, 0.2) is 41.3 Å². The molecule has 0 bridgehead atoms. The Morgan fingerprint density at radius 2 is 1.61 bits per heavy atom. The molecule has 36 heavy (non-hydrogen) atoms. The molecule has 194 valence electrons. The number of primary amides is 1. The van der Waals surface area contributed by atoms with Gasteiger partial charge in [-0.1, -0.05) is 11.6 Å². The number of nitrogens with zero attached hydrogens (tertiary/aromatic N) is 3. The van der Waals surface area contributed by atoms with Crippen molar-refractivity contribution in [2.24, 2.45) is 5.73 Å². The number of sulfonamides is 1. The molecule has 2 saturated heterocycles. The van der Waals surface area contributed by atoms with E-state index in [1.807, 2.05) is 0 Å². The van der Waals surface area contributed by atoms with Gasteiger partial charge in [-0.05, 0) is 36.4 Å². The van der Waals surface area contributed by atoms with Crippen LogP contribution in [0, 0.1) is 11.6 Å². The molecular weight excluding hydrogens is 522 g/mol. The van der Waals surface area contributed by atoms with Gasteiger partial charge >= 0.3 is 6.03 Å². The summed E-state index contributed by atoms with van der Waals surface area (Å²) in [7, 11) is -4.56. The molecule has 0 radical (unpaired) electrons. The number of halogens is 3. The molecule has 4 rings (SSSR count). The molecule has 10 nitrogen and oxygen atoms in total. The Morgan fingerprint density at radius 1 is 1.00 bits per heavy atom. The minimum atomic E-state index is -4.56. The quantitative estimate of drug-likeness (QED) is 0.614. The third-order valence-corrected chi connectivity index (χ3v) is 7.96. The second-order valence-electron chi connectivity index (χ2n) is 8.13. The first-order valence-corrected chi connectivity index (χ1v) is 12.7. The lowest BCUT2D eigenvalue weighted by molar-refractivity contribution is -0.123. The standard InChI is InChI=1S/C22H23ClF2N4O6S/c23-14-1-3-15(4-2-14)35-20-17(24)11-16(12-18(20)25)36(32,33)29-6-5-28(13-19(29)21(26)30)22(31)27-7-9-34-10-8-27/h1-4,11-12,19H,5-10,13H2,(H2,26,30)/t19-/m1/s1. The Labute approximate surface area is 211 Å². The molecule has 2 aliphatic heterocycles. The van der Waals surface area contributed by atoms with E-state index in [1.165, 1.54) is 34.1 Å². The summed E-state index contributed by atoms with van der Waals surface area (Å²) in [6.45, 7) is 0.833. The van der Waals surface area contributed by atoms with E-state index in [-0.39, 0.29) is 31.4 Å². The Balaban J connectivity index is 1.56. The van der Waals surface area contributed by atoms with E-state index in [1.54, 1.807) is 0 Å². The number of ether oxygens (including phenoxy) is 2. The summed E-state index contributed by atoms with van der Waals surface area (Å²) in [5, 5.41) is 0.389. The lowest BCUT2D eigenvalue weighted by atomic mass is 10.2. The fraction of sp³-hybridized carbons (Fsp3) is 0.364. The van der Waals surface area contributed by atoms with Crippen molar-refractivity contribution in [2.75, 3.05) is 45.9 Å². The van der Waals surface area contributed by atoms with E-state index in [9.17, 15) is 26.8 Å². The third kappa shape index (κ3) is 5.38. The number of morpholine rings is 1. The van der Waals surface area contributed by atoms with E-state index in [4.69, 9.17) is 26.8 Å². The van der Waals surface area contributed by atoms with Gasteiger partial charge in [0.15, 0.2) is 17.4 Å². The van der Waals surface area contributed by atoms with Gasteiger partial charge in [0.1, 0.15) is 11.8 Å². The second-order valence-corrected chi connectivity index (χ2v) is 10.5. The molecule has 0 saturated carbocycles. The summed E-state index contributed by atoms with van der Waals surface area (Å²) < 4.78 is 67.3. The van der Waals surface area contributed by atoms with Gasteiger partial charge in [0.2, 0.25) is 15.9 Å². The van der Waals surface area contributed by atoms with Crippen LogP contribution < -0.4 is 10.5 Å². The number of nitrogens with two attached hydrogens (primary N) is 1. The highest BCUT2D eigenvalue weighted by molar-refractivity contribution is 7.89. The molecule has 0 aromatic heterocycles. The number of piperazine rings is 1. The molecule has 3 amide bonds. The average Bonchev–Trinajstić information content (AvgIpc) is 2.86. The third-order valence-electron chi connectivity index (χ3n) is 5.82. The van der Waals surface area contributed by atoms with E-state index >= 15 is 0 Å². The fourth-order valence-corrected chi connectivity index (χ4v) is 5.68. The number of rotatable bonds is 5. The number of hydrogen-bond acceptors (Lipinski definition) is 6. The van der Waals surface area contributed by atoms with Crippen molar-refractivity contribution < 1.29 is 36.3 Å². The minimum absolute atomic E-state index is 0.0398. The maximum absolute atomic E-state index is 14.8. The number of urea groups is 1. The maximum Gasteiger partial charge on any atom is 0.320 e. The van der Waals surface area contributed by atoms with Crippen LogP contribution in [0.1, 0.15) is 0 Å². The van der Waals surface area contributed by atoms with Gasteiger partial charge in [0.05, 0.1) is 18.1 Å². The van der Waals surface area contributed by atoms with Crippen LogP contribution >= 0.6 is 11.6 Å². The zero-order valence-electron chi connectivity index (χ0n) is 18.9. The number of carbonyl (C=O) groups is 2. The molecule has 0 unspecified atom stereocenters. The Morgan fingerprint density at radius 3 is 2.19 bits per heavy atom. The highest BCUT2D eigenvalue weighted by Gasteiger charge is 2.42. The van der Waals surface area contributed by atoms with Gasteiger partial charge in [-0.15, -0.1) is 0 Å². The minimum Gasteiger partial charge on any atom is -0.451 e. The number of carbonyl (C=O) groups excluding carboxylic acids is 2. The number of benzene rings is 2. The SMILES string of the molecule is NC(=O)[C@H]1CN(C(=O)N2CCOCC2)CCN1S(=O)(=O)c1cc(F)c(Oc2ccc(Cl)cc2)c(F)c1. The lowest BCUT2D eigenvalue weighted by Gasteiger charge is -2.41. The molecule has 0 spiro atoms. The normalized spacial score (nSPS) is 19.2. The van der Waals surface area contributed by atoms with E-state index in [2.05, 4.69) is 0 Å². The molecule has 14 heteroatoms. The smallest absolute Gasteiger partial charge is 0.320 e. The van der Waals surface area contributed by atoms with Crippen molar-refractivity contribution in [3.05, 3.63) is 53.1 Å². The van der Waals surface area contributed by atoms with Crippen molar-refractivity contribution in [3.8, 4) is 11.5 Å². The molecule has 2 aliphatic rings. The predicted octanol–water partition coefficient (Wildman–Crippen LogP) is 2.02. The van der Waals surface area contributed by atoms with Crippen molar-refractivity contribution in [2.45, 2.75) is 10.9 Å². The average molecular weight is 545 g/mol. The molecule has 2 aromatic carbocycles. The topological polar surface area (TPSA) is 122 Å². The predicted molar refractivity (Wildman–Crippen MR) is 124 cm³/mol. The Kier molecular flexibility index (Phi) is 7.64. The monoisotopic (exact) mass is 544 g/mol. The molecule has 0 aliphatic carbocycles. The van der Waals surface area contributed by atoms with Crippen molar-refractivity contribution in [1.29, 1.82) is 0 Å². The first-order chi connectivity index (χ1) is 17.1. The van der Waals surface area contributed by atoms with Gasteiger partial charge in [0.25, 0.3) is 0 Å². The van der Waals surface area contributed by atoms with Gasteiger partial charge < -0.3 is 25.0 Å². The lowest BCUT2D eigenvalue weighted by Crippen LogP contribution is -2.62. The summed E-state index contributed by atoms with van der Waals surface area (Å²) in [4.78, 5) is 27.1. The van der Waals surface area contributed by atoms with Crippen LogP contribution in [-0.2, 0) is 19.6 Å². The Hall–Kier alpha value is -3.00. The van der Waals surface area contributed by atoms with Gasteiger partial charge in [-0.25, -0.2) is 22.0 Å². The first-order valence-electron chi connectivity index (χ1n) is 10.9. The largest absolute Gasteiger partial charge is 0.451 e. The highest BCUT2D eigenvalue weighted by atomic mass is 35.5. The van der Waals surface area contributed by atoms with Crippen LogP contribution in [-0.4, -0.2) is 86.4 Å². The Bertz CT molecular complexity index is 1230. The molecule has 2 N–H and O–H groups in total. The molecule has 2 heterocycles. The maximum atomic E-state index is 14.8. The van der Waals surface area contributed by atoms with Gasteiger partial charge in [0, 0.05) is 37.7 Å². The summed E-state index contributed by atoms with van der Waals surface area (Å²) in [5.41, 5.74) is 5.46. The van der Waals surface area contributed by atoms with E-state index < -0.39 is 44.3 Å². The summed E-state index contributed by atoms with van der Waals surface area (Å²) in [5.74, 6) is -4.24. The molecule has 1 atom stereocenters. The van der Waals surface area contributed by atoms with Crippen LogP contribution in [0.25, 0.3) is 0 Å². The van der Waals surface area contributed by atoms with Gasteiger partial charge in [-0.3, -0.25) is 4.79 Å². The van der Waals surface area contributed by atoms with Crippen LogP contribution in [0.4, 0.5) is 13.6 Å². The van der Waals surface area contributed by atoms with Crippen LogP contribution in [0.5, 0.6) is 11.5 Å².